The number of para-hydroxylation sites is 1. The minimum atomic E-state index is -0.429. The van der Waals surface area contributed by atoms with E-state index in [0.717, 1.165) is 36.9 Å². The molecule has 0 spiro atoms. The molecule has 2 fully saturated rings. The quantitative estimate of drug-likeness (QED) is 0.379. The number of nitro benzene ring substituents is 1. The predicted molar refractivity (Wildman–Crippen MR) is 116 cm³/mol. The Kier molecular flexibility index (Phi) is 5.76. The van der Waals surface area contributed by atoms with Gasteiger partial charge >= 0.3 is 0 Å². The van der Waals surface area contributed by atoms with Crippen LogP contribution in [0.3, 0.4) is 0 Å². The topological polar surface area (TPSA) is 75.8 Å². The molecule has 7 heteroatoms. The minimum Gasteiger partial charge on any atom is -0.283 e. The zero-order chi connectivity index (χ0) is 20.2. The second kappa shape index (κ2) is 8.61. The molecule has 1 heterocycles. The maximum Gasteiger partial charge on any atom is 0.269 e. The van der Waals surface area contributed by atoms with Gasteiger partial charge in [-0.25, -0.2) is 4.99 Å². The molecular formula is C22H21N3O3S. The number of carbonyl (C=O) groups is 1. The summed E-state index contributed by atoms with van der Waals surface area (Å²) >= 11 is 1.37. The van der Waals surface area contributed by atoms with Crippen LogP contribution >= 0.6 is 11.8 Å². The lowest BCUT2D eigenvalue weighted by Gasteiger charge is -2.30. The number of thioether (sulfide) groups is 1. The van der Waals surface area contributed by atoms with Gasteiger partial charge in [-0.2, -0.15) is 0 Å². The summed E-state index contributed by atoms with van der Waals surface area (Å²) < 4.78 is 0. The summed E-state index contributed by atoms with van der Waals surface area (Å²) in [5.74, 6) is -0.0325. The molecular weight excluding hydrogens is 386 g/mol. The summed E-state index contributed by atoms with van der Waals surface area (Å²) in [5.41, 5.74) is 1.61. The van der Waals surface area contributed by atoms with Crippen LogP contribution < -0.4 is 0 Å². The Labute approximate surface area is 173 Å². The number of amides is 1. The van der Waals surface area contributed by atoms with E-state index in [1.165, 1.54) is 30.3 Å². The Morgan fingerprint density at radius 2 is 1.72 bits per heavy atom. The molecule has 1 saturated heterocycles. The third-order valence-corrected chi connectivity index (χ3v) is 6.14. The molecule has 29 heavy (non-hydrogen) atoms. The highest BCUT2D eigenvalue weighted by Gasteiger charge is 2.38. The minimum absolute atomic E-state index is 0.0325. The Morgan fingerprint density at radius 3 is 2.38 bits per heavy atom. The predicted octanol–water partition coefficient (Wildman–Crippen LogP) is 5.53. The lowest BCUT2D eigenvalue weighted by molar-refractivity contribution is -0.384. The van der Waals surface area contributed by atoms with Crippen molar-refractivity contribution in [2.45, 2.75) is 38.1 Å². The van der Waals surface area contributed by atoms with E-state index < -0.39 is 4.92 Å². The van der Waals surface area contributed by atoms with Crippen molar-refractivity contribution in [2.24, 2.45) is 4.99 Å². The van der Waals surface area contributed by atoms with Gasteiger partial charge in [0.15, 0.2) is 5.17 Å². The molecule has 0 atom stereocenters. The first-order valence-electron chi connectivity index (χ1n) is 9.73. The van der Waals surface area contributed by atoms with Crippen LogP contribution in [0.15, 0.2) is 64.5 Å². The molecule has 0 aromatic heterocycles. The SMILES string of the molecule is O=C1/C(=C\c2ccc([N+](=O)[O-])cc2)SC(=Nc2ccccc2)N1C1CCCCC1. The Hall–Kier alpha value is -2.93. The summed E-state index contributed by atoms with van der Waals surface area (Å²) in [6.07, 6.45) is 7.23. The molecule has 148 valence electrons. The van der Waals surface area contributed by atoms with Gasteiger partial charge in [0.05, 0.1) is 15.5 Å². The number of amidine groups is 1. The fraction of sp³-hybridized carbons (Fsp3) is 0.273. The van der Waals surface area contributed by atoms with Crippen LogP contribution in [-0.4, -0.2) is 26.9 Å². The zero-order valence-electron chi connectivity index (χ0n) is 15.9. The van der Waals surface area contributed by atoms with E-state index in [-0.39, 0.29) is 17.6 Å². The summed E-state index contributed by atoms with van der Waals surface area (Å²) in [6, 6.07) is 16.1. The summed E-state index contributed by atoms with van der Waals surface area (Å²) in [7, 11) is 0. The molecule has 2 aromatic carbocycles. The van der Waals surface area contributed by atoms with Gasteiger partial charge < -0.3 is 0 Å². The molecule has 2 aliphatic rings. The van der Waals surface area contributed by atoms with Gasteiger partial charge in [-0.05, 0) is 60.5 Å². The van der Waals surface area contributed by atoms with Crippen molar-refractivity contribution in [2.75, 3.05) is 0 Å². The maximum atomic E-state index is 13.2. The molecule has 0 N–H and O–H groups in total. The fourth-order valence-corrected chi connectivity index (χ4v) is 4.74. The Bertz CT molecular complexity index is 965. The molecule has 2 aromatic rings. The number of hydrogen-bond donors (Lipinski definition) is 0. The van der Waals surface area contributed by atoms with E-state index in [1.807, 2.05) is 35.2 Å². The molecule has 0 bridgehead atoms. The number of hydrogen-bond acceptors (Lipinski definition) is 5. The zero-order valence-corrected chi connectivity index (χ0v) is 16.7. The average molecular weight is 407 g/mol. The summed E-state index contributed by atoms with van der Waals surface area (Å²) in [6.45, 7) is 0. The van der Waals surface area contributed by atoms with Crippen LogP contribution in [0.2, 0.25) is 0 Å². The number of nitrogens with zero attached hydrogens (tertiary/aromatic N) is 3. The van der Waals surface area contributed by atoms with Crippen molar-refractivity contribution in [1.82, 2.24) is 4.90 Å². The lowest BCUT2D eigenvalue weighted by atomic mass is 9.94. The van der Waals surface area contributed by atoms with E-state index in [2.05, 4.69) is 0 Å². The fourth-order valence-electron chi connectivity index (χ4n) is 3.68. The number of non-ortho nitro benzene ring substituents is 1. The molecule has 0 radical (unpaired) electrons. The number of aliphatic imine (C=N–C) groups is 1. The van der Waals surface area contributed by atoms with Gasteiger partial charge in [0.25, 0.3) is 11.6 Å². The van der Waals surface area contributed by atoms with Gasteiger partial charge in [0, 0.05) is 18.2 Å². The van der Waals surface area contributed by atoms with Gasteiger partial charge in [0.2, 0.25) is 0 Å². The number of rotatable bonds is 4. The Balaban J connectivity index is 1.66. The third-order valence-electron chi connectivity index (χ3n) is 5.16. The lowest BCUT2D eigenvalue weighted by Crippen LogP contribution is -2.40. The highest BCUT2D eigenvalue weighted by atomic mass is 32.2. The van der Waals surface area contributed by atoms with Crippen LogP contribution in [0.5, 0.6) is 0 Å². The van der Waals surface area contributed by atoms with Crippen molar-refractivity contribution in [3.05, 3.63) is 75.2 Å². The number of carbonyl (C=O) groups excluding carboxylic acids is 1. The second-order valence-electron chi connectivity index (χ2n) is 7.16. The van der Waals surface area contributed by atoms with Crippen LogP contribution in [0.4, 0.5) is 11.4 Å². The summed E-state index contributed by atoms with van der Waals surface area (Å²) in [5, 5.41) is 11.6. The van der Waals surface area contributed by atoms with E-state index in [0.29, 0.717) is 10.1 Å². The van der Waals surface area contributed by atoms with Crippen LogP contribution in [0.1, 0.15) is 37.7 Å². The normalized spacial score (nSPS) is 20.6. The molecule has 1 aliphatic heterocycles. The van der Waals surface area contributed by atoms with Crippen molar-refractivity contribution < 1.29 is 9.72 Å². The van der Waals surface area contributed by atoms with Gasteiger partial charge in [-0.3, -0.25) is 19.8 Å². The van der Waals surface area contributed by atoms with Crippen molar-refractivity contribution in [3.63, 3.8) is 0 Å². The van der Waals surface area contributed by atoms with Crippen LogP contribution in [0, 0.1) is 10.1 Å². The van der Waals surface area contributed by atoms with E-state index >= 15 is 0 Å². The van der Waals surface area contributed by atoms with Gasteiger partial charge in [-0.15, -0.1) is 0 Å². The first-order valence-corrected chi connectivity index (χ1v) is 10.5. The van der Waals surface area contributed by atoms with Gasteiger partial charge in [0.1, 0.15) is 0 Å². The van der Waals surface area contributed by atoms with Crippen molar-refractivity contribution >= 4 is 40.3 Å². The number of nitro groups is 1. The molecule has 0 unspecified atom stereocenters. The standard InChI is InChI=1S/C22H21N3O3S/c26-21-20(15-16-11-13-19(14-12-16)25(27)28)29-22(23-17-7-3-1-4-8-17)24(21)18-9-5-2-6-10-18/h1,3-4,7-8,11-15,18H,2,5-6,9-10H2/b20-15+,23-22?. The second-order valence-corrected chi connectivity index (χ2v) is 8.17. The molecule has 4 rings (SSSR count). The van der Waals surface area contributed by atoms with Crippen LogP contribution in [0.25, 0.3) is 6.08 Å². The van der Waals surface area contributed by atoms with E-state index in [1.54, 1.807) is 18.2 Å². The van der Waals surface area contributed by atoms with E-state index in [9.17, 15) is 14.9 Å². The highest BCUT2D eigenvalue weighted by Crippen LogP contribution is 2.38. The average Bonchev–Trinajstić information content (AvgIpc) is 3.04. The van der Waals surface area contributed by atoms with Gasteiger partial charge in [-0.1, -0.05) is 37.5 Å². The molecule has 6 nitrogen and oxygen atoms in total. The number of benzene rings is 2. The van der Waals surface area contributed by atoms with E-state index in [4.69, 9.17) is 4.99 Å². The van der Waals surface area contributed by atoms with Crippen molar-refractivity contribution in [1.29, 1.82) is 0 Å². The smallest absolute Gasteiger partial charge is 0.269 e. The first-order chi connectivity index (χ1) is 14.1. The Morgan fingerprint density at radius 1 is 1.03 bits per heavy atom. The van der Waals surface area contributed by atoms with Crippen molar-refractivity contribution in [3.8, 4) is 0 Å². The molecule has 1 saturated carbocycles. The largest absolute Gasteiger partial charge is 0.283 e. The van der Waals surface area contributed by atoms with Crippen LogP contribution in [-0.2, 0) is 4.79 Å². The third kappa shape index (κ3) is 4.40. The monoisotopic (exact) mass is 407 g/mol. The molecule has 1 amide bonds. The highest BCUT2D eigenvalue weighted by molar-refractivity contribution is 8.18. The first kappa shape index (κ1) is 19.4. The summed E-state index contributed by atoms with van der Waals surface area (Å²) in [4.78, 5) is 30.9. The molecule has 1 aliphatic carbocycles. The maximum absolute atomic E-state index is 13.2.